The molecule has 2 atom stereocenters. The molecule has 2 aromatic rings. The molecule has 0 bridgehead atoms. The van der Waals surface area contributed by atoms with Gasteiger partial charge in [-0.2, -0.15) is 0 Å². The molecule has 6 nitrogen and oxygen atoms in total. The topological polar surface area (TPSA) is 115 Å². The lowest BCUT2D eigenvalue weighted by atomic mass is 9.72. The highest BCUT2D eigenvalue weighted by atomic mass is 16.3. The summed E-state index contributed by atoms with van der Waals surface area (Å²) in [5.74, 6) is -1.81. The highest BCUT2D eigenvalue weighted by molar-refractivity contribution is 6.30. The van der Waals surface area contributed by atoms with Gasteiger partial charge in [-0.1, -0.05) is 19.1 Å². The second kappa shape index (κ2) is 5.40. The van der Waals surface area contributed by atoms with E-state index in [2.05, 4.69) is 0 Å². The Bertz CT molecular complexity index is 977. The zero-order valence-corrected chi connectivity index (χ0v) is 14.1. The number of carbonyl (C=O) groups is 2. The first-order chi connectivity index (χ1) is 12.3. The highest BCUT2D eigenvalue weighted by Crippen LogP contribution is 2.47. The molecule has 4 N–H and O–H groups in total. The molecular weight excluding hydrogens is 336 g/mol. The van der Waals surface area contributed by atoms with Gasteiger partial charge in [0.2, 0.25) is 5.78 Å². The van der Waals surface area contributed by atoms with E-state index in [4.69, 9.17) is 0 Å². The van der Waals surface area contributed by atoms with Crippen molar-refractivity contribution in [3.8, 4) is 11.5 Å². The summed E-state index contributed by atoms with van der Waals surface area (Å²) < 4.78 is 0. The lowest BCUT2D eigenvalue weighted by Gasteiger charge is -2.38. The van der Waals surface area contributed by atoms with Crippen LogP contribution in [0.4, 0.5) is 0 Å². The Morgan fingerprint density at radius 3 is 2.54 bits per heavy atom. The van der Waals surface area contributed by atoms with Gasteiger partial charge in [-0.25, -0.2) is 0 Å². The predicted octanol–water partition coefficient (Wildman–Crippen LogP) is 1.99. The molecule has 0 saturated carbocycles. The highest BCUT2D eigenvalue weighted by Gasteiger charge is 2.43. The van der Waals surface area contributed by atoms with Crippen LogP contribution in [0.25, 0.3) is 0 Å². The van der Waals surface area contributed by atoms with E-state index in [0.29, 0.717) is 12.0 Å². The Morgan fingerprint density at radius 2 is 1.85 bits per heavy atom. The predicted molar refractivity (Wildman–Crippen MR) is 91.6 cm³/mol. The number of carbonyl (C=O) groups excluding carboxylic acids is 2. The molecule has 2 aromatic carbocycles. The fraction of sp³-hybridized carbons (Fsp3) is 0.300. The maximum Gasteiger partial charge on any atom is 0.201 e. The van der Waals surface area contributed by atoms with E-state index in [1.807, 2.05) is 0 Å². The largest absolute Gasteiger partial charge is 0.507 e. The number of benzene rings is 2. The van der Waals surface area contributed by atoms with Crippen LogP contribution in [0.5, 0.6) is 11.5 Å². The Balaban J connectivity index is 1.99. The molecule has 4 rings (SSSR count). The SMILES string of the molecule is CC[C@@]1(O)CCc2c(cc3c(c2O)C(=O)c2c(O)cccc2C3=O)[C@@H]1O. The first-order valence-electron chi connectivity index (χ1n) is 8.50. The number of phenolic OH excluding ortho intramolecular Hbond substituents is 2. The van der Waals surface area contributed by atoms with Crippen LogP contribution in [0.3, 0.4) is 0 Å². The summed E-state index contributed by atoms with van der Waals surface area (Å²) >= 11 is 0. The summed E-state index contributed by atoms with van der Waals surface area (Å²) in [4.78, 5) is 25.7. The van der Waals surface area contributed by atoms with Crippen LogP contribution in [-0.4, -0.2) is 37.6 Å². The summed E-state index contributed by atoms with van der Waals surface area (Å²) in [6.07, 6.45) is -0.450. The van der Waals surface area contributed by atoms with Crippen LogP contribution in [0, 0.1) is 0 Å². The van der Waals surface area contributed by atoms with E-state index in [1.165, 1.54) is 24.3 Å². The smallest absolute Gasteiger partial charge is 0.201 e. The van der Waals surface area contributed by atoms with Crippen molar-refractivity contribution in [3.63, 3.8) is 0 Å². The van der Waals surface area contributed by atoms with Crippen molar-refractivity contribution in [2.75, 3.05) is 0 Å². The summed E-state index contributed by atoms with van der Waals surface area (Å²) in [6, 6.07) is 5.61. The molecule has 0 amide bonds. The van der Waals surface area contributed by atoms with E-state index in [0.717, 1.165) is 0 Å². The Hall–Kier alpha value is -2.70. The summed E-state index contributed by atoms with van der Waals surface area (Å²) in [5.41, 5.74) is -0.970. The van der Waals surface area contributed by atoms with E-state index in [1.54, 1.807) is 6.92 Å². The van der Waals surface area contributed by atoms with Crippen molar-refractivity contribution >= 4 is 11.6 Å². The van der Waals surface area contributed by atoms with Crippen molar-refractivity contribution in [2.45, 2.75) is 37.9 Å². The third-order valence-electron chi connectivity index (χ3n) is 5.65. The maximum atomic E-state index is 12.9. The van der Waals surface area contributed by atoms with Gasteiger partial charge in [-0.15, -0.1) is 0 Å². The Morgan fingerprint density at radius 1 is 1.12 bits per heavy atom. The third kappa shape index (κ3) is 2.00. The summed E-state index contributed by atoms with van der Waals surface area (Å²) in [6.45, 7) is 1.75. The molecule has 0 unspecified atom stereocenters. The van der Waals surface area contributed by atoms with Crippen molar-refractivity contribution in [1.29, 1.82) is 0 Å². The van der Waals surface area contributed by atoms with Crippen molar-refractivity contribution in [3.05, 3.63) is 57.6 Å². The van der Waals surface area contributed by atoms with Gasteiger partial charge < -0.3 is 20.4 Å². The van der Waals surface area contributed by atoms with Crippen LogP contribution >= 0.6 is 0 Å². The number of fused-ring (bicyclic) bond motifs is 3. The average molecular weight is 354 g/mol. The monoisotopic (exact) mass is 354 g/mol. The molecule has 26 heavy (non-hydrogen) atoms. The second-order valence-electron chi connectivity index (χ2n) is 6.93. The second-order valence-corrected chi connectivity index (χ2v) is 6.93. The number of phenols is 2. The molecule has 2 aliphatic carbocycles. The molecule has 134 valence electrons. The fourth-order valence-electron chi connectivity index (χ4n) is 4.02. The maximum absolute atomic E-state index is 12.9. The number of aromatic hydroxyl groups is 2. The first-order valence-corrected chi connectivity index (χ1v) is 8.50. The minimum Gasteiger partial charge on any atom is -0.507 e. The Labute approximate surface area is 149 Å². The molecule has 0 spiro atoms. The van der Waals surface area contributed by atoms with E-state index < -0.39 is 23.3 Å². The van der Waals surface area contributed by atoms with Crippen LogP contribution < -0.4 is 0 Å². The lowest BCUT2D eigenvalue weighted by Crippen LogP contribution is -2.40. The van der Waals surface area contributed by atoms with Crippen LogP contribution in [0.1, 0.15) is 68.8 Å². The third-order valence-corrected chi connectivity index (χ3v) is 5.65. The molecule has 0 fully saturated rings. The minimum atomic E-state index is -1.34. The first kappa shape index (κ1) is 16.8. The summed E-state index contributed by atoms with van der Waals surface area (Å²) in [5, 5.41) is 41.9. The zero-order chi connectivity index (χ0) is 18.8. The molecule has 0 aromatic heterocycles. The number of hydrogen-bond donors (Lipinski definition) is 4. The van der Waals surface area contributed by atoms with Gasteiger partial charge in [-0.05, 0) is 37.0 Å². The van der Waals surface area contributed by atoms with Gasteiger partial charge in [0.15, 0.2) is 5.78 Å². The lowest BCUT2D eigenvalue weighted by molar-refractivity contribution is -0.0913. The zero-order valence-electron chi connectivity index (χ0n) is 14.1. The molecule has 6 heteroatoms. The van der Waals surface area contributed by atoms with Gasteiger partial charge in [0.05, 0.1) is 16.7 Å². The van der Waals surface area contributed by atoms with Gasteiger partial charge in [0.1, 0.15) is 17.6 Å². The number of hydrogen-bond acceptors (Lipinski definition) is 6. The van der Waals surface area contributed by atoms with E-state index in [-0.39, 0.29) is 52.2 Å². The minimum absolute atomic E-state index is 0.0243. The molecule has 0 heterocycles. The molecule has 0 saturated heterocycles. The van der Waals surface area contributed by atoms with Crippen molar-refractivity contribution in [2.24, 2.45) is 0 Å². The van der Waals surface area contributed by atoms with E-state index >= 15 is 0 Å². The van der Waals surface area contributed by atoms with Crippen LogP contribution in [0.15, 0.2) is 24.3 Å². The van der Waals surface area contributed by atoms with Crippen molar-refractivity contribution < 1.29 is 30.0 Å². The van der Waals surface area contributed by atoms with Gasteiger partial charge in [-0.3, -0.25) is 9.59 Å². The van der Waals surface area contributed by atoms with Gasteiger partial charge in [0.25, 0.3) is 0 Å². The van der Waals surface area contributed by atoms with Crippen molar-refractivity contribution in [1.82, 2.24) is 0 Å². The van der Waals surface area contributed by atoms with Gasteiger partial charge in [0, 0.05) is 16.7 Å². The van der Waals surface area contributed by atoms with Gasteiger partial charge >= 0.3 is 0 Å². The number of ketones is 2. The fourth-order valence-corrected chi connectivity index (χ4v) is 4.02. The Kier molecular flexibility index (Phi) is 3.48. The normalized spacial score (nSPS) is 24.0. The average Bonchev–Trinajstić information content (AvgIpc) is 2.62. The van der Waals surface area contributed by atoms with Crippen LogP contribution in [-0.2, 0) is 6.42 Å². The molecule has 0 radical (unpaired) electrons. The number of aliphatic hydroxyl groups excluding tert-OH is 1. The molecular formula is C20H18O6. The number of aliphatic hydroxyl groups is 2. The molecule has 2 aliphatic rings. The van der Waals surface area contributed by atoms with E-state index in [9.17, 15) is 30.0 Å². The molecule has 0 aliphatic heterocycles. The summed E-state index contributed by atoms with van der Waals surface area (Å²) in [7, 11) is 0. The van der Waals surface area contributed by atoms with Crippen LogP contribution in [0.2, 0.25) is 0 Å². The standard InChI is InChI=1S/C20H18O6/c1-2-20(26)7-6-9-11(19(20)25)8-12-15(17(9)23)18(24)14-10(16(12)22)4-3-5-13(14)21/h3-5,8,19,21,23,25-26H,2,6-7H2,1H3/t19-,20+/m0/s1. The quantitative estimate of drug-likeness (QED) is 0.531. The number of rotatable bonds is 1.